The van der Waals surface area contributed by atoms with Crippen LogP contribution in [0.1, 0.15) is 5.56 Å². The molecule has 0 aliphatic heterocycles. The van der Waals surface area contributed by atoms with E-state index < -0.39 is 5.56 Å². The van der Waals surface area contributed by atoms with Crippen LogP contribution in [0.4, 0.5) is 0 Å². The van der Waals surface area contributed by atoms with Crippen molar-refractivity contribution >= 4 is 16.7 Å². The summed E-state index contributed by atoms with van der Waals surface area (Å²) in [5.41, 5.74) is 0.614. The third-order valence-electron chi connectivity index (χ3n) is 4.34. The lowest BCUT2D eigenvalue weighted by molar-refractivity contribution is -0.131. The van der Waals surface area contributed by atoms with Crippen molar-refractivity contribution < 1.29 is 14.3 Å². The van der Waals surface area contributed by atoms with Crippen molar-refractivity contribution in [1.82, 2.24) is 14.7 Å². The average molecular weight is 367 g/mol. The summed E-state index contributed by atoms with van der Waals surface area (Å²) in [6.07, 6.45) is 1.54. The van der Waals surface area contributed by atoms with E-state index in [-0.39, 0.29) is 12.5 Å². The first kappa shape index (κ1) is 18.4. The van der Waals surface area contributed by atoms with E-state index in [2.05, 4.69) is 5.10 Å². The molecule has 3 aromatic rings. The van der Waals surface area contributed by atoms with Gasteiger partial charge in [0.05, 0.1) is 25.8 Å². The Bertz CT molecular complexity index is 1010. The minimum absolute atomic E-state index is 0.154. The van der Waals surface area contributed by atoms with Crippen molar-refractivity contribution in [3.05, 3.63) is 64.6 Å². The number of benzene rings is 2. The number of hydrogen-bond acceptors (Lipinski definition) is 5. The summed E-state index contributed by atoms with van der Waals surface area (Å²) in [5, 5.41) is 5.09. The molecule has 3 rings (SSSR count). The molecule has 0 radical (unpaired) electrons. The SMILES string of the molecule is COc1ccc2cnn(CC(=O)N(C)Cc3ccccc3)c(=O)c2c1OC. The third-order valence-corrected chi connectivity index (χ3v) is 4.34. The lowest BCUT2D eigenvalue weighted by Crippen LogP contribution is -2.34. The Kier molecular flexibility index (Phi) is 5.40. The zero-order valence-corrected chi connectivity index (χ0v) is 15.5. The van der Waals surface area contributed by atoms with Crippen molar-refractivity contribution in [2.75, 3.05) is 21.3 Å². The molecule has 0 spiro atoms. The lowest BCUT2D eigenvalue weighted by Gasteiger charge is -2.18. The van der Waals surface area contributed by atoms with Gasteiger partial charge in [-0.2, -0.15) is 5.10 Å². The minimum atomic E-state index is -0.398. The predicted molar refractivity (Wildman–Crippen MR) is 102 cm³/mol. The van der Waals surface area contributed by atoms with E-state index in [0.717, 1.165) is 10.2 Å². The molecule has 0 unspecified atom stereocenters. The number of hydrogen-bond donors (Lipinski definition) is 0. The molecule has 0 saturated carbocycles. The number of nitrogens with zero attached hydrogens (tertiary/aromatic N) is 3. The molecule has 0 atom stereocenters. The van der Waals surface area contributed by atoms with Crippen LogP contribution < -0.4 is 15.0 Å². The Balaban J connectivity index is 1.89. The van der Waals surface area contributed by atoms with E-state index in [4.69, 9.17) is 9.47 Å². The molecule has 2 aromatic carbocycles. The van der Waals surface area contributed by atoms with Crippen LogP contribution in [0.3, 0.4) is 0 Å². The Morgan fingerprint density at radius 1 is 1.11 bits per heavy atom. The van der Waals surface area contributed by atoms with Gasteiger partial charge in [-0.3, -0.25) is 9.59 Å². The Morgan fingerprint density at radius 2 is 1.85 bits per heavy atom. The standard InChI is InChI=1S/C20H21N3O4/c1-22(12-14-7-5-4-6-8-14)17(24)13-23-20(25)18-15(11-21-23)9-10-16(26-2)19(18)27-3/h4-11H,12-13H2,1-3H3. The molecule has 0 aliphatic carbocycles. The second-order valence-electron chi connectivity index (χ2n) is 6.11. The number of carbonyl (C=O) groups is 1. The van der Waals surface area contributed by atoms with Gasteiger partial charge in [0.1, 0.15) is 6.54 Å². The van der Waals surface area contributed by atoms with Gasteiger partial charge in [0.15, 0.2) is 11.5 Å². The Morgan fingerprint density at radius 3 is 2.52 bits per heavy atom. The fraction of sp³-hybridized carbons (Fsp3) is 0.250. The number of carbonyl (C=O) groups excluding carboxylic acids is 1. The molecule has 27 heavy (non-hydrogen) atoms. The maximum atomic E-state index is 12.9. The van der Waals surface area contributed by atoms with Gasteiger partial charge in [0, 0.05) is 19.0 Å². The molecule has 0 saturated heterocycles. The van der Waals surface area contributed by atoms with Gasteiger partial charge in [-0.15, -0.1) is 0 Å². The van der Waals surface area contributed by atoms with Crippen LogP contribution >= 0.6 is 0 Å². The lowest BCUT2D eigenvalue weighted by atomic mass is 10.1. The van der Waals surface area contributed by atoms with E-state index >= 15 is 0 Å². The highest BCUT2D eigenvalue weighted by Crippen LogP contribution is 2.32. The molecule has 0 N–H and O–H groups in total. The number of methoxy groups -OCH3 is 2. The van der Waals surface area contributed by atoms with Gasteiger partial charge < -0.3 is 14.4 Å². The molecule has 140 valence electrons. The van der Waals surface area contributed by atoms with Crippen molar-refractivity contribution in [2.24, 2.45) is 0 Å². The van der Waals surface area contributed by atoms with Gasteiger partial charge in [0.25, 0.3) is 5.56 Å². The molecule has 1 aromatic heterocycles. The normalized spacial score (nSPS) is 10.6. The zero-order valence-electron chi connectivity index (χ0n) is 15.5. The largest absolute Gasteiger partial charge is 0.493 e. The highest BCUT2D eigenvalue weighted by Gasteiger charge is 2.17. The van der Waals surface area contributed by atoms with Gasteiger partial charge >= 0.3 is 0 Å². The summed E-state index contributed by atoms with van der Waals surface area (Å²) >= 11 is 0. The van der Waals surface area contributed by atoms with E-state index in [1.807, 2.05) is 30.3 Å². The molecule has 0 aliphatic rings. The first-order valence-corrected chi connectivity index (χ1v) is 8.44. The van der Waals surface area contributed by atoms with Crippen molar-refractivity contribution in [3.63, 3.8) is 0 Å². The van der Waals surface area contributed by atoms with E-state index in [9.17, 15) is 9.59 Å². The van der Waals surface area contributed by atoms with Crippen LogP contribution in [-0.4, -0.2) is 41.9 Å². The summed E-state index contributed by atoms with van der Waals surface area (Å²) in [6, 6.07) is 13.1. The Labute approximate surface area is 156 Å². The first-order valence-electron chi connectivity index (χ1n) is 8.44. The predicted octanol–water partition coefficient (Wildman–Crippen LogP) is 2.07. The average Bonchev–Trinajstić information content (AvgIpc) is 2.69. The van der Waals surface area contributed by atoms with Gasteiger partial charge in [-0.1, -0.05) is 30.3 Å². The summed E-state index contributed by atoms with van der Waals surface area (Å²) in [5.74, 6) is 0.572. The molecule has 1 heterocycles. The fourth-order valence-electron chi connectivity index (χ4n) is 2.89. The maximum Gasteiger partial charge on any atom is 0.279 e. The molecule has 0 bridgehead atoms. The van der Waals surface area contributed by atoms with E-state index in [0.29, 0.717) is 28.8 Å². The van der Waals surface area contributed by atoms with Crippen molar-refractivity contribution in [3.8, 4) is 11.5 Å². The monoisotopic (exact) mass is 367 g/mol. The number of ether oxygens (including phenoxy) is 2. The quantitative estimate of drug-likeness (QED) is 0.667. The molecule has 0 fully saturated rings. The zero-order chi connectivity index (χ0) is 19.4. The number of likely N-dealkylation sites (N-methyl/N-ethyl adjacent to an activating group) is 1. The van der Waals surface area contributed by atoms with Gasteiger partial charge in [-0.05, 0) is 17.7 Å². The van der Waals surface area contributed by atoms with E-state index in [1.54, 1.807) is 30.3 Å². The number of aromatic nitrogens is 2. The number of fused-ring (bicyclic) bond motifs is 1. The molecule has 7 heteroatoms. The van der Waals surface area contributed by atoms with Crippen LogP contribution in [0.2, 0.25) is 0 Å². The third kappa shape index (κ3) is 3.76. The van der Waals surface area contributed by atoms with Crippen LogP contribution in [-0.2, 0) is 17.9 Å². The van der Waals surface area contributed by atoms with Crippen LogP contribution in [0.25, 0.3) is 10.8 Å². The smallest absolute Gasteiger partial charge is 0.279 e. The van der Waals surface area contributed by atoms with Crippen LogP contribution in [0.15, 0.2) is 53.5 Å². The van der Waals surface area contributed by atoms with Gasteiger partial charge in [-0.25, -0.2) is 4.68 Å². The molecular formula is C20H21N3O4. The second kappa shape index (κ2) is 7.90. The second-order valence-corrected chi connectivity index (χ2v) is 6.11. The highest BCUT2D eigenvalue weighted by atomic mass is 16.5. The molecule has 1 amide bonds. The summed E-state index contributed by atoms with van der Waals surface area (Å²) in [6.45, 7) is 0.303. The van der Waals surface area contributed by atoms with E-state index in [1.165, 1.54) is 14.2 Å². The molecular weight excluding hydrogens is 346 g/mol. The number of rotatable bonds is 6. The minimum Gasteiger partial charge on any atom is -0.493 e. The van der Waals surface area contributed by atoms with Crippen molar-refractivity contribution in [1.29, 1.82) is 0 Å². The summed E-state index contributed by atoms with van der Waals surface area (Å²) < 4.78 is 11.8. The summed E-state index contributed by atoms with van der Waals surface area (Å²) in [4.78, 5) is 27.0. The number of amides is 1. The Hall–Kier alpha value is -3.35. The highest BCUT2D eigenvalue weighted by molar-refractivity contribution is 5.89. The van der Waals surface area contributed by atoms with Crippen LogP contribution in [0, 0.1) is 0 Å². The topological polar surface area (TPSA) is 73.7 Å². The molecule has 7 nitrogen and oxygen atoms in total. The van der Waals surface area contributed by atoms with Crippen LogP contribution in [0.5, 0.6) is 11.5 Å². The fourth-order valence-corrected chi connectivity index (χ4v) is 2.89. The maximum absolute atomic E-state index is 12.9. The first-order chi connectivity index (χ1) is 13.0. The summed E-state index contributed by atoms with van der Waals surface area (Å²) in [7, 11) is 4.68. The van der Waals surface area contributed by atoms with Gasteiger partial charge in [0.2, 0.25) is 5.91 Å². The van der Waals surface area contributed by atoms with Crippen molar-refractivity contribution in [2.45, 2.75) is 13.1 Å².